The number of hydrogen-bond acceptors (Lipinski definition) is 3. The summed E-state index contributed by atoms with van der Waals surface area (Å²) in [6.07, 6.45) is 0. The summed E-state index contributed by atoms with van der Waals surface area (Å²) in [7, 11) is 1.45. The maximum Gasteiger partial charge on any atom is 0.265 e. The van der Waals surface area contributed by atoms with E-state index in [1.165, 1.54) is 24.5 Å². The summed E-state index contributed by atoms with van der Waals surface area (Å²) >= 11 is 1.23. The maximum atomic E-state index is 14.0. The number of thiophene rings is 1. The number of carbonyl (C=O) groups excluding carboxylic acids is 1. The smallest absolute Gasteiger partial charge is 0.265 e. The molecule has 3 rings (SSSR count). The summed E-state index contributed by atoms with van der Waals surface area (Å²) in [5.74, 6) is -0.345. The molecule has 0 radical (unpaired) electrons. The molecule has 1 aromatic heterocycles. The van der Waals surface area contributed by atoms with Crippen LogP contribution in [-0.2, 0) is 6.54 Å². The van der Waals surface area contributed by atoms with Crippen molar-refractivity contribution in [3.63, 3.8) is 0 Å². The molecule has 0 aliphatic carbocycles. The van der Waals surface area contributed by atoms with Crippen molar-refractivity contribution >= 4 is 27.3 Å². The van der Waals surface area contributed by atoms with Gasteiger partial charge in [0.1, 0.15) is 10.7 Å². The number of ether oxygens (including phenoxy) is 1. The Bertz CT molecular complexity index is 873. The van der Waals surface area contributed by atoms with Crippen LogP contribution in [-0.4, -0.2) is 13.0 Å². The summed E-state index contributed by atoms with van der Waals surface area (Å²) in [4.78, 5) is 12.8. The number of benzene rings is 2. The molecule has 2 aromatic carbocycles. The first-order valence-corrected chi connectivity index (χ1v) is 8.00. The fourth-order valence-corrected chi connectivity index (χ4v) is 3.61. The fourth-order valence-electron chi connectivity index (χ4n) is 2.51. The van der Waals surface area contributed by atoms with Crippen LogP contribution in [0.2, 0.25) is 0 Å². The molecule has 1 amide bonds. The molecule has 0 spiro atoms. The summed E-state index contributed by atoms with van der Waals surface area (Å²) < 4.78 is 20.0. The van der Waals surface area contributed by atoms with Gasteiger partial charge in [-0.2, -0.15) is 0 Å². The van der Waals surface area contributed by atoms with Crippen molar-refractivity contribution in [1.29, 1.82) is 0 Å². The van der Waals surface area contributed by atoms with E-state index in [2.05, 4.69) is 5.32 Å². The van der Waals surface area contributed by atoms with Crippen LogP contribution in [0.4, 0.5) is 4.39 Å². The summed E-state index contributed by atoms with van der Waals surface area (Å²) in [5, 5.41) is 3.23. The number of methoxy groups -OCH3 is 1. The third-order valence-corrected chi connectivity index (χ3v) is 4.70. The first-order valence-electron chi connectivity index (χ1n) is 7.19. The average molecular weight is 329 g/mol. The number of halogens is 1. The molecule has 0 atom stereocenters. The van der Waals surface area contributed by atoms with E-state index >= 15 is 0 Å². The molecular formula is C18H16FNO2S. The number of aryl methyl sites for hydroxylation is 1. The Morgan fingerprint density at radius 2 is 2.04 bits per heavy atom. The van der Waals surface area contributed by atoms with Crippen molar-refractivity contribution in [2.24, 2.45) is 0 Å². The quantitative estimate of drug-likeness (QED) is 0.775. The first-order chi connectivity index (χ1) is 11.1. The Kier molecular flexibility index (Phi) is 4.30. The van der Waals surface area contributed by atoms with Crippen LogP contribution in [0.5, 0.6) is 5.75 Å². The highest BCUT2D eigenvalue weighted by molar-refractivity contribution is 7.21. The van der Waals surface area contributed by atoms with Gasteiger partial charge >= 0.3 is 0 Å². The molecule has 0 aliphatic rings. The lowest BCUT2D eigenvalue weighted by Crippen LogP contribution is -2.22. The molecule has 23 heavy (non-hydrogen) atoms. The lowest BCUT2D eigenvalue weighted by Gasteiger charge is -2.06. The summed E-state index contributed by atoms with van der Waals surface area (Å²) in [5.41, 5.74) is 2.16. The molecule has 3 nitrogen and oxygen atoms in total. The van der Waals surface area contributed by atoms with Crippen molar-refractivity contribution in [3.8, 4) is 5.75 Å². The molecule has 1 heterocycles. The van der Waals surface area contributed by atoms with Crippen LogP contribution < -0.4 is 10.1 Å². The van der Waals surface area contributed by atoms with E-state index in [0.717, 1.165) is 11.1 Å². The summed E-state index contributed by atoms with van der Waals surface area (Å²) in [6, 6.07) is 12.7. The van der Waals surface area contributed by atoms with E-state index < -0.39 is 0 Å². The average Bonchev–Trinajstić information content (AvgIpc) is 2.93. The third-order valence-electron chi connectivity index (χ3n) is 3.57. The predicted octanol–water partition coefficient (Wildman–Crippen LogP) is 4.29. The second kappa shape index (κ2) is 6.38. The van der Waals surface area contributed by atoms with E-state index in [-0.39, 0.29) is 11.7 Å². The third kappa shape index (κ3) is 3.05. The Morgan fingerprint density at radius 1 is 1.26 bits per heavy atom. The van der Waals surface area contributed by atoms with Gasteiger partial charge in [0.15, 0.2) is 5.75 Å². The SMILES string of the molecule is COc1c(C(=O)NCc2cccc(C)c2)sc2cccc(F)c12. The molecule has 118 valence electrons. The number of fused-ring (bicyclic) bond motifs is 1. The van der Waals surface area contributed by atoms with Crippen molar-refractivity contribution in [3.05, 3.63) is 64.3 Å². The number of nitrogens with one attached hydrogen (secondary N) is 1. The largest absolute Gasteiger partial charge is 0.494 e. The minimum absolute atomic E-state index is 0.260. The lowest BCUT2D eigenvalue weighted by molar-refractivity contribution is 0.0952. The van der Waals surface area contributed by atoms with E-state index in [1.54, 1.807) is 12.1 Å². The van der Waals surface area contributed by atoms with Crippen LogP contribution >= 0.6 is 11.3 Å². The molecular weight excluding hydrogens is 313 g/mol. The molecule has 5 heteroatoms. The van der Waals surface area contributed by atoms with Gasteiger partial charge in [-0.05, 0) is 24.6 Å². The van der Waals surface area contributed by atoms with Gasteiger partial charge in [0.2, 0.25) is 0 Å². The van der Waals surface area contributed by atoms with Crippen LogP contribution in [0.15, 0.2) is 42.5 Å². The number of hydrogen-bond donors (Lipinski definition) is 1. The van der Waals surface area contributed by atoms with E-state index in [4.69, 9.17) is 4.74 Å². The molecule has 0 saturated heterocycles. The first kappa shape index (κ1) is 15.5. The Hall–Kier alpha value is -2.40. The summed E-state index contributed by atoms with van der Waals surface area (Å²) in [6.45, 7) is 2.42. The molecule has 0 unspecified atom stereocenters. The highest BCUT2D eigenvalue weighted by Crippen LogP contribution is 2.39. The molecule has 0 saturated carbocycles. The van der Waals surface area contributed by atoms with Gasteiger partial charge in [0, 0.05) is 11.2 Å². The van der Waals surface area contributed by atoms with E-state index in [9.17, 15) is 9.18 Å². The van der Waals surface area contributed by atoms with Crippen LogP contribution in [0, 0.1) is 12.7 Å². The Labute approximate surface area is 137 Å². The van der Waals surface area contributed by atoms with Crippen molar-refractivity contribution < 1.29 is 13.9 Å². The van der Waals surface area contributed by atoms with Gasteiger partial charge in [-0.15, -0.1) is 11.3 Å². The van der Waals surface area contributed by atoms with Gasteiger partial charge < -0.3 is 10.1 Å². The zero-order chi connectivity index (χ0) is 16.4. The van der Waals surface area contributed by atoms with Gasteiger partial charge in [0.25, 0.3) is 5.91 Å². The molecule has 0 fully saturated rings. The molecule has 0 aliphatic heterocycles. The monoisotopic (exact) mass is 329 g/mol. The van der Waals surface area contributed by atoms with Gasteiger partial charge in [-0.1, -0.05) is 35.9 Å². The standard InChI is InChI=1S/C18H16FNO2S/c1-11-5-3-6-12(9-11)10-20-18(21)17-16(22-2)15-13(19)7-4-8-14(15)23-17/h3-9H,10H2,1-2H3,(H,20,21). The lowest BCUT2D eigenvalue weighted by atomic mass is 10.1. The Morgan fingerprint density at radius 3 is 2.78 bits per heavy atom. The van der Waals surface area contributed by atoms with Crippen molar-refractivity contribution in [2.75, 3.05) is 7.11 Å². The zero-order valence-corrected chi connectivity index (χ0v) is 13.7. The second-order valence-corrected chi connectivity index (χ2v) is 6.30. The minimum atomic E-state index is -0.381. The van der Waals surface area contributed by atoms with Crippen LogP contribution in [0.3, 0.4) is 0 Å². The van der Waals surface area contributed by atoms with E-state index in [0.29, 0.717) is 27.3 Å². The number of carbonyl (C=O) groups is 1. The van der Waals surface area contributed by atoms with Crippen molar-refractivity contribution in [1.82, 2.24) is 5.32 Å². The fraction of sp³-hybridized carbons (Fsp3) is 0.167. The maximum absolute atomic E-state index is 14.0. The highest BCUT2D eigenvalue weighted by atomic mass is 32.1. The van der Waals surface area contributed by atoms with Gasteiger partial charge in [-0.25, -0.2) is 4.39 Å². The topological polar surface area (TPSA) is 38.3 Å². The minimum Gasteiger partial charge on any atom is -0.494 e. The predicted molar refractivity (Wildman–Crippen MR) is 90.7 cm³/mol. The number of rotatable bonds is 4. The molecule has 1 N–H and O–H groups in total. The second-order valence-electron chi connectivity index (χ2n) is 5.25. The highest BCUT2D eigenvalue weighted by Gasteiger charge is 2.21. The molecule has 3 aromatic rings. The van der Waals surface area contributed by atoms with Crippen LogP contribution in [0.25, 0.3) is 10.1 Å². The Balaban J connectivity index is 1.87. The molecule has 0 bridgehead atoms. The van der Waals surface area contributed by atoms with Gasteiger partial charge in [-0.3, -0.25) is 4.79 Å². The van der Waals surface area contributed by atoms with Crippen LogP contribution in [0.1, 0.15) is 20.8 Å². The van der Waals surface area contributed by atoms with Gasteiger partial charge in [0.05, 0.1) is 12.5 Å². The zero-order valence-electron chi connectivity index (χ0n) is 12.9. The number of amides is 1. The van der Waals surface area contributed by atoms with Crippen molar-refractivity contribution in [2.45, 2.75) is 13.5 Å². The van der Waals surface area contributed by atoms with E-state index in [1.807, 2.05) is 31.2 Å². The normalized spacial score (nSPS) is 10.7.